The SMILES string of the molecule is Cc1ccc2nc(N(CCN(C)C)C(=O)C3CCCN(S(=O)(=O)c4cccs4)C3)sc2c1. The number of sulfonamides is 1. The minimum atomic E-state index is -3.57. The maximum Gasteiger partial charge on any atom is 0.252 e. The van der Waals surface area contributed by atoms with Crippen molar-refractivity contribution in [2.75, 3.05) is 45.2 Å². The topological polar surface area (TPSA) is 73.8 Å². The summed E-state index contributed by atoms with van der Waals surface area (Å²) in [6.45, 7) is 3.91. The molecule has 0 spiro atoms. The van der Waals surface area contributed by atoms with Crippen LogP contribution in [0.2, 0.25) is 0 Å². The molecule has 1 fully saturated rings. The molecule has 1 aliphatic heterocycles. The van der Waals surface area contributed by atoms with Crippen molar-refractivity contribution in [3.8, 4) is 0 Å². The maximum absolute atomic E-state index is 13.7. The lowest BCUT2D eigenvalue weighted by atomic mass is 9.98. The van der Waals surface area contributed by atoms with Crippen molar-refractivity contribution >= 4 is 54.0 Å². The second kappa shape index (κ2) is 9.56. The Morgan fingerprint density at radius 1 is 1.25 bits per heavy atom. The predicted octanol–water partition coefficient (Wildman–Crippen LogP) is 3.66. The first-order valence-corrected chi connectivity index (χ1v) is 13.8. The smallest absolute Gasteiger partial charge is 0.252 e. The third kappa shape index (κ3) is 4.89. The molecule has 1 amide bonds. The number of aryl methyl sites for hydroxylation is 1. The van der Waals surface area contributed by atoms with Crippen LogP contribution in [-0.2, 0) is 14.8 Å². The standard InChI is InChI=1S/C22H28N4O3S3/c1-16-8-9-18-19(14-16)31-22(23-18)26(12-11-24(2)3)21(27)17-6-4-10-25(15-17)32(28,29)20-7-5-13-30-20/h5,7-9,13-14,17H,4,6,10-12,15H2,1-3H3. The van der Waals surface area contributed by atoms with Crippen LogP contribution in [-0.4, -0.2) is 68.8 Å². The first-order valence-electron chi connectivity index (χ1n) is 10.6. The van der Waals surface area contributed by atoms with Crippen molar-refractivity contribution < 1.29 is 13.2 Å². The zero-order valence-electron chi connectivity index (χ0n) is 18.5. The molecule has 4 rings (SSSR count). The summed E-state index contributed by atoms with van der Waals surface area (Å²) in [6, 6.07) is 9.45. The fourth-order valence-electron chi connectivity index (χ4n) is 3.86. The quantitative estimate of drug-likeness (QED) is 0.503. The van der Waals surface area contributed by atoms with E-state index in [1.807, 2.05) is 38.1 Å². The Balaban J connectivity index is 1.59. The highest BCUT2D eigenvalue weighted by molar-refractivity contribution is 7.91. The Morgan fingerprint density at radius 2 is 2.06 bits per heavy atom. The minimum Gasteiger partial charge on any atom is -0.308 e. The molecule has 0 aliphatic carbocycles. The van der Waals surface area contributed by atoms with Crippen LogP contribution in [0.15, 0.2) is 39.9 Å². The van der Waals surface area contributed by atoms with Crippen molar-refractivity contribution in [3.05, 3.63) is 41.3 Å². The van der Waals surface area contributed by atoms with Gasteiger partial charge in [0.05, 0.1) is 16.1 Å². The van der Waals surface area contributed by atoms with Gasteiger partial charge in [-0.2, -0.15) is 4.31 Å². The largest absolute Gasteiger partial charge is 0.308 e. The van der Waals surface area contributed by atoms with Crippen molar-refractivity contribution in [3.63, 3.8) is 0 Å². The number of thiazole rings is 1. The lowest BCUT2D eigenvalue weighted by Crippen LogP contribution is -2.48. The van der Waals surface area contributed by atoms with E-state index in [4.69, 9.17) is 4.98 Å². The minimum absolute atomic E-state index is 0.0475. The zero-order chi connectivity index (χ0) is 22.9. The van der Waals surface area contributed by atoms with Crippen LogP contribution in [0.1, 0.15) is 18.4 Å². The molecule has 7 nitrogen and oxygen atoms in total. The maximum atomic E-state index is 13.7. The second-order valence-electron chi connectivity index (χ2n) is 8.40. The van der Waals surface area contributed by atoms with E-state index >= 15 is 0 Å². The fraction of sp³-hybridized carbons (Fsp3) is 0.455. The number of amides is 1. The molecule has 10 heteroatoms. The summed E-state index contributed by atoms with van der Waals surface area (Å²) in [6.07, 6.45) is 1.35. The highest BCUT2D eigenvalue weighted by Gasteiger charge is 2.36. The van der Waals surface area contributed by atoms with E-state index in [1.54, 1.807) is 22.4 Å². The Morgan fingerprint density at radius 3 is 2.78 bits per heavy atom. The van der Waals surface area contributed by atoms with Crippen molar-refractivity contribution in [2.45, 2.75) is 24.0 Å². The lowest BCUT2D eigenvalue weighted by Gasteiger charge is -2.33. The Hall–Kier alpha value is -1.85. The van der Waals surface area contributed by atoms with E-state index in [9.17, 15) is 13.2 Å². The van der Waals surface area contributed by atoms with E-state index in [0.717, 1.165) is 15.8 Å². The molecule has 2 aromatic heterocycles. The van der Waals surface area contributed by atoms with Gasteiger partial charge in [0.15, 0.2) is 5.13 Å². The molecular formula is C22H28N4O3S3. The number of carbonyl (C=O) groups is 1. The van der Waals surface area contributed by atoms with Crippen molar-refractivity contribution in [1.82, 2.24) is 14.2 Å². The van der Waals surface area contributed by atoms with Crippen LogP contribution in [0.25, 0.3) is 10.2 Å². The van der Waals surface area contributed by atoms with Gasteiger partial charge in [-0.25, -0.2) is 13.4 Å². The lowest BCUT2D eigenvalue weighted by molar-refractivity contribution is -0.123. The molecule has 0 saturated carbocycles. The third-order valence-corrected chi connectivity index (χ3v) is 9.90. The van der Waals surface area contributed by atoms with Gasteiger partial charge >= 0.3 is 0 Å². The molecule has 1 aromatic carbocycles. The van der Waals surface area contributed by atoms with Crippen LogP contribution in [0.5, 0.6) is 0 Å². The highest BCUT2D eigenvalue weighted by atomic mass is 32.2. The number of hydrogen-bond acceptors (Lipinski definition) is 7. The summed E-state index contributed by atoms with van der Waals surface area (Å²) in [5.74, 6) is -0.428. The van der Waals surface area contributed by atoms with Crippen molar-refractivity contribution in [2.24, 2.45) is 5.92 Å². The van der Waals surface area contributed by atoms with Gasteiger partial charge in [-0.3, -0.25) is 9.69 Å². The summed E-state index contributed by atoms with van der Waals surface area (Å²) in [7, 11) is 0.378. The van der Waals surface area contributed by atoms with Crippen LogP contribution in [0.4, 0.5) is 5.13 Å². The summed E-state index contributed by atoms with van der Waals surface area (Å²) >= 11 is 2.73. The molecule has 32 heavy (non-hydrogen) atoms. The van der Waals surface area contributed by atoms with Gasteiger partial charge < -0.3 is 4.90 Å². The van der Waals surface area contributed by atoms with Gasteiger partial charge in [-0.05, 0) is 63.0 Å². The summed E-state index contributed by atoms with van der Waals surface area (Å²) in [4.78, 5) is 22.2. The van der Waals surface area contributed by atoms with Crippen LogP contribution >= 0.6 is 22.7 Å². The Labute approximate surface area is 197 Å². The first kappa shape index (κ1) is 23.3. The fourth-order valence-corrected chi connectivity index (χ4v) is 7.62. The number of anilines is 1. The summed E-state index contributed by atoms with van der Waals surface area (Å²) < 4.78 is 28.9. The number of fused-ring (bicyclic) bond motifs is 1. The summed E-state index contributed by atoms with van der Waals surface area (Å²) in [5, 5.41) is 2.44. The van der Waals surface area contributed by atoms with Crippen LogP contribution in [0.3, 0.4) is 0 Å². The van der Waals surface area contributed by atoms with Gasteiger partial charge in [0.1, 0.15) is 4.21 Å². The van der Waals surface area contributed by atoms with Gasteiger partial charge in [0.25, 0.3) is 10.0 Å². The number of carbonyl (C=O) groups excluding carboxylic acids is 1. The van der Waals surface area contributed by atoms with Gasteiger partial charge in [-0.1, -0.05) is 23.5 Å². The molecule has 1 unspecified atom stereocenters. The monoisotopic (exact) mass is 492 g/mol. The zero-order valence-corrected chi connectivity index (χ0v) is 21.0. The number of aromatic nitrogens is 1. The number of thiophene rings is 1. The molecule has 1 atom stereocenters. The van der Waals surface area contributed by atoms with E-state index in [-0.39, 0.29) is 18.4 Å². The number of rotatable bonds is 7. The first-order chi connectivity index (χ1) is 15.3. The van der Waals surface area contributed by atoms with Crippen molar-refractivity contribution in [1.29, 1.82) is 0 Å². The average Bonchev–Trinajstić information content (AvgIpc) is 3.44. The van der Waals surface area contributed by atoms with Crippen LogP contribution in [0, 0.1) is 12.8 Å². The van der Waals surface area contributed by atoms with Gasteiger partial charge in [0.2, 0.25) is 5.91 Å². The molecular weight excluding hydrogens is 464 g/mol. The molecule has 3 heterocycles. The number of hydrogen-bond donors (Lipinski definition) is 0. The molecule has 172 valence electrons. The molecule has 3 aromatic rings. The van der Waals surface area contributed by atoms with Gasteiger partial charge in [0, 0.05) is 26.2 Å². The molecule has 0 bridgehead atoms. The number of piperidine rings is 1. The molecule has 1 saturated heterocycles. The van der Waals surface area contributed by atoms with Gasteiger partial charge in [-0.15, -0.1) is 11.3 Å². The van der Waals surface area contributed by atoms with Crippen LogP contribution < -0.4 is 4.90 Å². The molecule has 0 N–H and O–H groups in total. The molecule has 0 radical (unpaired) electrons. The predicted molar refractivity (Wildman–Crippen MR) is 131 cm³/mol. The number of benzene rings is 1. The second-order valence-corrected chi connectivity index (χ2v) is 12.5. The number of likely N-dealkylation sites (N-methyl/N-ethyl adjacent to an activating group) is 1. The van der Waals surface area contributed by atoms with E-state index < -0.39 is 10.0 Å². The molecule has 1 aliphatic rings. The Bertz CT molecular complexity index is 1190. The normalized spacial score (nSPS) is 17.8. The van der Waals surface area contributed by atoms with E-state index in [0.29, 0.717) is 41.8 Å². The summed E-state index contributed by atoms with van der Waals surface area (Å²) in [5.41, 5.74) is 2.03. The third-order valence-electron chi connectivity index (χ3n) is 5.62. The van der Waals surface area contributed by atoms with E-state index in [1.165, 1.54) is 27.0 Å². The van der Waals surface area contributed by atoms with E-state index in [2.05, 4.69) is 6.07 Å². The Kier molecular flexibility index (Phi) is 6.97. The highest BCUT2D eigenvalue weighted by Crippen LogP contribution is 2.32. The number of nitrogens with zero attached hydrogens (tertiary/aromatic N) is 4. The average molecular weight is 493 g/mol.